The molecule has 3 heteroatoms. The van der Waals surface area contributed by atoms with Crippen LogP contribution in [0.4, 0.5) is 0 Å². The Kier molecular flexibility index (Phi) is 4.58. The van der Waals surface area contributed by atoms with E-state index in [9.17, 15) is 4.79 Å². The van der Waals surface area contributed by atoms with Crippen LogP contribution in [0.3, 0.4) is 0 Å². The molecule has 0 N–H and O–H groups in total. The van der Waals surface area contributed by atoms with Crippen LogP contribution in [0.1, 0.15) is 17.3 Å². The molecule has 0 saturated carbocycles. The first kappa shape index (κ1) is 12.3. The molecule has 0 aliphatic rings. The van der Waals surface area contributed by atoms with Crippen molar-refractivity contribution >= 4 is 5.78 Å². The largest absolute Gasteiger partial charge is 0.494 e. The van der Waals surface area contributed by atoms with Gasteiger partial charge < -0.3 is 9.64 Å². The molecule has 0 aliphatic carbocycles. The average Bonchev–Trinajstić information content (AvgIpc) is 2.27. The predicted octanol–water partition coefficient (Wildman–Crippen LogP) is 2.34. The number of benzene rings is 1. The number of carbonyl (C=O) groups excluding carboxylic acids is 1. The molecular formula is C13H17NO2. The topological polar surface area (TPSA) is 29.5 Å². The van der Waals surface area contributed by atoms with Crippen LogP contribution >= 0.6 is 0 Å². The van der Waals surface area contributed by atoms with E-state index >= 15 is 0 Å². The summed E-state index contributed by atoms with van der Waals surface area (Å²) in [6.45, 7) is 2.56. The number of ketones is 1. The molecule has 0 spiro atoms. The van der Waals surface area contributed by atoms with Crippen LogP contribution in [0.5, 0.6) is 5.75 Å². The first-order valence-electron chi connectivity index (χ1n) is 5.25. The summed E-state index contributed by atoms with van der Waals surface area (Å²) in [7, 11) is 3.75. The zero-order valence-corrected chi connectivity index (χ0v) is 9.93. The predicted molar refractivity (Wildman–Crippen MR) is 64.8 cm³/mol. The van der Waals surface area contributed by atoms with Gasteiger partial charge in [-0.3, -0.25) is 4.79 Å². The lowest BCUT2D eigenvalue weighted by atomic mass is 10.1. The molecule has 86 valence electrons. The summed E-state index contributed by atoms with van der Waals surface area (Å²) < 4.78 is 5.30. The molecule has 0 fully saturated rings. The van der Waals surface area contributed by atoms with Crippen LogP contribution in [0.25, 0.3) is 0 Å². The summed E-state index contributed by atoms with van der Waals surface area (Å²) in [5, 5.41) is 0. The lowest BCUT2D eigenvalue weighted by molar-refractivity contribution is 0.104. The van der Waals surface area contributed by atoms with E-state index in [0.717, 1.165) is 5.75 Å². The quantitative estimate of drug-likeness (QED) is 0.562. The third-order valence-electron chi connectivity index (χ3n) is 1.97. The molecule has 0 bridgehead atoms. The fourth-order valence-electron chi connectivity index (χ4n) is 1.20. The maximum absolute atomic E-state index is 11.7. The first-order valence-corrected chi connectivity index (χ1v) is 5.25. The highest BCUT2D eigenvalue weighted by Crippen LogP contribution is 2.12. The zero-order valence-electron chi connectivity index (χ0n) is 9.93. The molecular weight excluding hydrogens is 202 g/mol. The number of carbonyl (C=O) groups is 1. The summed E-state index contributed by atoms with van der Waals surface area (Å²) in [5.74, 6) is 0.785. The third-order valence-corrected chi connectivity index (χ3v) is 1.97. The van der Waals surface area contributed by atoms with Gasteiger partial charge in [-0.25, -0.2) is 0 Å². The van der Waals surface area contributed by atoms with E-state index in [1.54, 1.807) is 36.5 Å². The highest BCUT2D eigenvalue weighted by molar-refractivity contribution is 6.04. The Hall–Kier alpha value is -1.77. The van der Waals surface area contributed by atoms with Crippen LogP contribution in [0, 0.1) is 0 Å². The standard InChI is InChI=1S/C13H17NO2/c1-4-16-12-7-5-11(6-8-12)13(15)9-10-14(2)3/h5-10H,4H2,1-3H3. The molecule has 1 rings (SSSR count). The van der Waals surface area contributed by atoms with Gasteiger partial charge in [0.25, 0.3) is 0 Å². The Morgan fingerprint density at radius 1 is 1.31 bits per heavy atom. The van der Waals surface area contributed by atoms with Crippen molar-refractivity contribution in [2.45, 2.75) is 6.92 Å². The first-order chi connectivity index (χ1) is 7.63. The van der Waals surface area contributed by atoms with Crippen molar-refractivity contribution in [1.82, 2.24) is 4.90 Å². The van der Waals surface area contributed by atoms with Crippen LogP contribution < -0.4 is 4.74 Å². The Bertz CT molecular complexity index is 366. The number of hydrogen-bond acceptors (Lipinski definition) is 3. The van der Waals surface area contributed by atoms with Crippen LogP contribution in [0.2, 0.25) is 0 Å². The normalized spacial score (nSPS) is 10.4. The van der Waals surface area contributed by atoms with Gasteiger partial charge in [0, 0.05) is 31.9 Å². The second kappa shape index (κ2) is 5.95. The molecule has 0 saturated heterocycles. The summed E-state index contributed by atoms with van der Waals surface area (Å²) in [6, 6.07) is 7.15. The Labute approximate surface area is 96.3 Å². The van der Waals surface area contributed by atoms with E-state index in [0.29, 0.717) is 12.2 Å². The summed E-state index contributed by atoms with van der Waals surface area (Å²) in [4.78, 5) is 13.5. The Morgan fingerprint density at radius 2 is 1.94 bits per heavy atom. The van der Waals surface area contributed by atoms with Crippen molar-refractivity contribution < 1.29 is 9.53 Å². The van der Waals surface area contributed by atoms with Gasteiger partial charge in [-0.1, -0.05) is 0 Å². The van der Waals surface area contributed by atoms with E-state index < -0.39 is 0 Å². The van der Waals surface area contributed by atoms with Gasteiger partial charge in [0.2, 0.25) is 0 Å². The minimum atomic E-state index is -0.00301. The van der Waals surface area contributed by atoms with Crippen molar-refractivity contribution in [3.63, 3.8) is 0 Å². The highest BCUT2D eigenvalue weighted by atomic mass is 16.5. The van der Waals surface area contributed by atoms with Gasteiger partial charge in [0.15, 0.2) is 5.78 Å². The SMILES string of the molecule is CCOc1ccc(C(=O)C=CN(C)C)cc1. The summed E-state index contributed by atoms with van der Waals surface area (Å²) >= 11 is 0. The number of hydrogen-bond donors (Lipinski definition) is 0. The molecule has 0 aliphatic heterocycles. The zero-order chi connectivity index (χ0) is 12.0. The van der Waals surface area contributed by atoms with Crippen molar-refractivity contribution in [2.24, 2.45) is 0 Å². The Morgan fingerprint density at radius 3 is 2.44 bits per heavy atom. The number of nitrogens with zero attached hydrogens (tertiary/aromatic N) is 1. The minimum absolute atomic E-state index is 0.00301. The molecule has 0 unspecified atom stereocenters. The van der Waals surface area contributed by atoms with E-state index in [2.05, 4.69) is 0 Å². The van der Waals surface area contributed by atoms with Crippen molar-refractivity contribution in [2.75, 3.05) is 20.7 Å². The lowest BCUT2D eigenvalue weighted by Gasteiger charge is -2.04. The van der Waals surface area contributed by atoms with Crippen LogP contribution in [-0.2, 0) is 0 Å². The summed E-state index contributed by atoms with van der Waals surface area (Å²) in [6.07, 6.45) is 3.29. The molecule has 3 nitrogen and oxygen atoms in total. The third kappa shape index (κ3) is 3.77. The van der Waals surface area contributed by atoms with E-state index in [-0.39, 0.29) is 5.78 Å². The minimum Gasteiger partial charge on any atom is -0.494 e. The van der Waals surface area contributed by atoms with E-state index in [4.69, 9.17) is 4.74 Å². The molecule has 0 atom stereocenters. The van der Waals surface area contributed by atoms with Crippen molar-refractivity contribution in [3.05, 3.63) is 42.1 Å². The molecule has 0 heterocycles. The molecule has 0 radical (unpaired) electrons. The molecule has 0 aromatic heterocycles. The number of allylic oxidation sites excluding steroid dienone is 1. The maximum atomic E-state index is 11.7. The Balaban J connectivity index is 2.70. The molecule has 1 aromatic rings. The number of ether oxygens (including phenoxy) is 1. The van der Waals surface area contributed by atoms with E-state index in [1.807, 2.05) is 25.9 Å². The van der Waals surface area contributed by atoms with Gasteiger partial charge in [0.1, 0.15) is 5.75 Å². The van der Waals surface area contributed by atoms with Crippen molar-refractivity contribution in [1.29, 1.82) is 0 Å². The van der Waals surface area contributed by atoms with E-state index in [1.165, 1.54) is 0 Å². The monoisotopic (exact) mass is 219 g/mol. The van der Waals surface area contributed by atoms with Gasteiger partial charge >= 0.3 is 0 Å². The fourth-order valence-corrected chi connectivity index (χ4v) is 1.20. The lowest BCUT2D eigenvalue weighted by Crippen LogP contribution is -2.03. The molecule has 0 amide bonds. The average molecular weight is 219 g/mol. The molecule has 1 aromatic carbocycles. The second-order valence-corrected chi connectivity index (χ2v) is 3.60. The van der Waals surface area contributed by atoms with Crippen LogP contribution in [-0.4, -0.2) is 31.4 Å². The second-order valence-electron chi connectivity index (χ2n) is 3.60. The molecule has 16 heavy (non-hydrogen) atoms. The smallest absolute Gasteiger partial charge is 0.187 e. The van der Waals surface area contributed by atoms with Gasteiger partial charge in [-0.2, -0.15) is 0 Å². The van der Waals surface area contributed by atoms with Gasteiger partial charge in [-0.05, 0) is 31.2 Å². The van der Waals surface area contributed by atoms with Gasteiger partial charge in [-0.15, -0.1) is 0 Å². The summed E-state index contributed by atoms with van der Waals surface area (Å²) in [5.41, 5.74) is 0.668. The van der Waals surface area contributed by atoms with Crippen LogP contribution in [0.15, 0.2) is 36.5 Å². The maximum Gasteiger partial charge on any atom is 0.187 e. The van der Waals surface area contributed by atoms with Gasteiger partial charge in [0.05, 0.1) is 6.61 Å². The fraction of sp³-hybridized carbons (Fsp3) is 0.308. The highest BCUT2D eigenvalue weighted by Gasteiger charge is 2.01. The number of rotatable bonds is 5. The van der Waals surface area contributed by atoms with Crippen molar-refractivity contribution in [3.8, 4) is 5.75 Å².